The van der Waals surface area contributed by atoms with E-state index in [1.165, 1.54) is 18.4 Å². The summed E-state index contributed by atoms with van der Waals surface area (Å²) in [6.45, 7) is 12.3. The third-order valence-electron chi connectivity index (χ3n) is 6.65. The minimum absolute atomic E-state index is 0.00911. The van der Waals surface area contributed by atoms with Crippen molar-refractivity contribution in [1.82, 2.24) is 0 Å². The molecule has 1 aliphatic heterocycles. The normalized spacial score (nSPS) is 31.3. The summed E-state index contributed by atoms with van der Waals surface area (Å²) in [4.78, 5) is 0. The number of benzene rings is 1. The highest BCUT2D eigenvalue weighted by molar-refractivity contribution is 5.53. The van der Waals surface area contributed by atoms with E-state index in [1.54, 1.807) is 14.2 Å². The first kappa shape index (κ1) is 17.6. The number of hydrogen-bond donors (Lipinski definition) is 0. The maximum atomic E-state index is 6.17. The summed E-state index contributed by atoms with van der Waals surface area (Å²) < 4.78 is 17.7. The average Bonchev–Trinajstić information content (AvgIpc) is 3.34. The van der Waals surface area contributed by atoms with Crippen molar-refractivity contribution in [3.05, 3.63) is 23.3 Å². The Balaban J connectivity index is 2.15. The van der Waals surface area contributed by atoms with Crippen LogP contribution >= 0.6 is 0 Å². The maximum absolute atomic E-state index is 6.17. The zero-order chi connectivity index (χ0) is 17.8. The zero-order valence-electron chi connectivity index (χ0n) is 16.3. The Bertz CT molecular complexity index is 603. The first-order valence-electron chi connectivity index (χ1n) is 9.13. The molecule has 3 nitrogen and oxygen atoms in total. The summed E-state index contributed by atoms with van der Waals surface area (Å²) in [6, 6.07) is 4.45. The molecule has 3 heteroatoms. The molecule has 0 N–H and O–H groups in total. The standard InChI is InChI=1S/C21H32O3/c1-14(2)18-16(22-6)11-15(12-17(18)23-7)20(5)10-8-9-19(3,4)21(20)13-24-21/h11-12,14H,8-10,13H2,1-7H3/t20-,21?/m1/s1. The van der Waals surface area contributed by atoms with E-state index in [4.69, 9.17) is 14.2 Å². The Kier molecular flexibility index (Phi) is 4.15. The molecule has 134 valence electrons. The van der Waals surface area contributed by atoms with Gasteiger partial charge >= 0.3 is 0 Å². The molecule has 1 saturated carbocycles. The van der Waals surface area contributed by atoms with Crippen molar-refractivity contribution < 1.29 is 14.2 Å². The van der Waals surface area contributed by atoms with Crippen LogP contribution in [0.3, 0.4) is 0 Å². The van der Waals surface area contributed by atoms with E-state index in [9.17, 15) is 0 Å². The van der Waals surface area contributed by atoms with Crippen LogP contribution in [0.2, 0.25) is 0 Å². The van der Waals surface area contributed by atoms with Gasteiger partial charge in [0, 0.05) is 11.0 Å². The van der Waals surface area contributed by atoms with Gasteiger partial charge in [0.25, 0.3) is 0 Å². The maximum Gasteiger partial charge on any atom is 0.126 e. The summed E-state index contributed by atoms with van der Waals surface area (Å²) >= 11 is 0. The minimum atomic E-state index is -0.0619. The van der Waals surface area contributed by atoms with Crippen molar-refractivity contribution in [3.8, 4) is 11.5 Å². The molecule has 1 heterocycles. The van der Waals surface area contributed by atoms with E-state index in [0.717, 1.165) is 30.1 Å². The quantitative estimate of drug-likeness (QED) is 0.722. The van der Waals surface area contributed by atoms with Gasteiger partial charge in [0.1, 0.15) is 17.1 Å². The summed E-state index contributed by atoms with van der Waals surface area (Å²) in [5.41, 5.74) is 2.55. The molecule has 2 atom stereocenters. The van der Waals surface area contributed by atoms with E-state index in [2.05, 4.69) is 46.8 Å². The van der Waals surface area contributed by atoms with Gasteiger partial charge in [-0.15, -0.1) is 0 Å². The molecule has 3 rings (SSSR count). The fourth-order valence-electron chi connectivity index (χ4n) is 5.02. The van der Waals surface area contributed by atoms with Crippen molar-refractivity contribution >= 4 is 0 Å². The van der Waals surface area contributed by atoms with Crippen molar-refractivity contribution in [2.45, 2.75) is 70.8 Å². The van der Waals surface area contributed by atoms with Crippen LogP contribution in [0.1, 0.15) is 70.9 Å². The third-order valence-corrected chi connectivity index (χ3v) is 6.65. The highest BCUT2D eigenvalue weighted by Crippen LogP contribution is 2.63. The molecule has 1 aliphatic carbocycles. The second kappa shape index (κ2) is 5.66. The number of hydrogen-bond acceptors (Lipinski definition) is 3. The molecule has 1 spiro atoms. The Morgan fingerprint density at radius 3 is 1.96 bits per heavy atom. The fourth-order valence-corrected chi connectivity index (χ4v) is 5.02. The van der Waals surface area contributed by atoms with E-state index < -0.39 is 0 Å². The highest BCUT2D eigenvalue weighted by Gasteiger charge is 2.68. The van der Waals surface area contributed by atoms with Crippen molar-refractivity contribution in [2.75, 3.05) is 20.8 Å². The van der Waals surface area contributed by atoms with Crippen LogP contribution in [0.5, 0.6) is 11.5 Å². The predicted molar refractivity (Wildman–Crippen MR) is 97.3 cm³/mol. The largest absolute Gasteiger partial charge is 0.496 e. The Labute approximate surface area is 146 Å². The van der Waals surface area contributed by atoms with Crippen molar-refractivity contribution in [2.24, 2.45) is 5.41 Å². The SMILES string of the molecule is COc1cc([C@@]2(C)CCCC(C)(C)C23CO3)cc(OC)c1C(C)C. The van der Waals surface area contributed by atoms with Crippen LogP contribution < -0.4 is 9.47 Å². The van der Waals surface area contributed by atoms with Crippen molar-refractivity contribution in [3.63, 3.8) is 0 Å². The lowest BCUT2D eigenvalue weighted by Crippen LogP contribution is -2.53. The second-order valence-electron chi connectivity index (χ2n) is 8.63. The third kappa shape index (κ3) is 2.28. The van der Waals surface area contributed by atoms with Gasteiger partial charge in [0.2, 0.25) is 0 Å². The summed E-state index contributed by atoms with van der Waals surface area (Å²) in [7, 11) is 3.50. The van der Waals surface area contributed by atoms with Crippen molar-refractivity contribution in [1.29, 1.82) is 0 Å². The average molecular weight is 332 g/mol. The lowest BCUT2D eigenvalue weighted by Gasteiger charge is -2.50. The van der Waals surface area contributed by atoms with Gasteiger partial charge in [0.15, 0.2) is 0 Å². The van der Waals surface area contributed by atoms with Gasteiger partial charge in [-0.05, 0) is 41.9 Å². The molecule has 2 fully saturated rings. The molecule has 1 aromatic rings. The monoisotopic (exact) mass is 332 g/mol. The lowest BCUT2D eigenvalue weighted by molar-refractivity contribution is 0.0149. The Morgan fingerprint density at radius 2 is 1.54 bits per heavy atom. The Morgan fingerprint density at radius 1 is 1.00 bits per heavy atom. The van der Waals surface area contributed by atoms with E-state index in [-0.39, 0.29) is 16.4 Å². The number of epoxide rings is 1. The molecular formula is C21H32O3. The summed E-state index contributed by atoms with van der Waals surface area (Å²) in [5, 5.41) is 0. The van der Waals surface area contributed by atoms with E-state index >= 15 is 0 Å². The molecule has 1 unspecified atom stereocenters. The van der Waals surface area contributed by atoms with Gasteiger partial charge < -0.3 is 14.2 Å². The summed E-state index contributed by atoms with van der Waals surface area (Å²) in [6.07, 6.45) is 3.59. The smallest absolute Gasteiger partial charge is 0.126 e. The van der Waals surface area contributed by atoms with Gasteiger partial charge in [-0.1, -0.05) is 41.0 Å². The molecular weight excluding hydrogens is 300 g/mol. The van der Waals surface area contributed by atoms with Crippen LogP contribution in [0.15, 0.2) is 12.1 Å². The van der Waals surface area contributed by atoms with Crippen LogP contribution in [0.25, 0.3) is 0 Å². The highest BCUT2D eigenvalue weighted by atomic mass is 16.6. The van der Waals surface area contributed by atoms with Crippen LogP contribution in [0, 0.1) is 5.41 Å². The van der Waals surface area contributed by atoms with E-state index in [1.807, 2.05) is 0 Å². The van der Waals surface area contributed by atoms with Gasteiger partial charge in [-0.3, -0.25) is 0 Å². The van der Waals surface area contributed by atoms with Crippen LogP contribution in [-0.4, -0.2) is 26.4 Å². The first-order chi connectivity index (χ1) is 11.2. The predicted octanol–water partition coefficient (Wildman–Crippen LogP) is 5.06. The van der Waals surface area contributed by atoms with Gasteiger partial charge in [-0.25, -0.2) is 0 Å². The molecule has 24 heavy (non-hydrogen) atoms. The second-order valence-corrected chi connectivity index (χ2v) is 8.63. The molecule has 1 saturated heterocycles. The summed E-state index contributed by atoms with van der Waals surface area (Å²) in [5.74, 6) is 2.21. The molecule has 0 bridgehead atoms. The van der Waals surface area contributed by atoms with E-state index in [0.29, 0.717) is 5.92 Å². The lowest BCUT2D eigenvalue weighted by atomic mass is 9.54. The molecule has 0 radical (unpaired) electrons. The van der Waals surface area contributed by atoms with Crippen LogP contribution in [0.4, 0.5) is 0 Å². The van der Waals surface area contributed by atoms with Gasteiger partial charge in [-0.2, -0.15) is 0 Å². The number of ether oxygens (including phenoxy) is 3. The topological polar surface area (TPSA) is 31.0 Å². The molecule has 2 aliphatic rings. The van der Waals surface area contributed by atoms with Gasteiger partial charge in [0.05, 0.1) is 20.8 Å². The molecule has 0 aromatic heterocycles. The Hall–Kier alpha value is -1.22. The zero-order valence-corrected chi connectivity index (χ0v) is 16.3. The molecule has 0 amide bonds. The molecule has 1 aromatic carbocycles. The fraction of sp³-hybridized carbons (Fsp3) is 0.714. The minimum Gasteiger partial charge on any atom is -0.496 e. The number of rotatable bonds is 4. The van der Waals surface area contributed by atoms with Crippen LogP contribution in [-0.2, 0) is 10.2 Å². The number of methoxy groups -OCH3 is 2. The first-order valence-corrected chi connectivity index (χ1v) is 9.13.